The molecule has 0 saturated heterocycles. The van der Waals surface area contributed by atoms with Gasteiger partial charge in [0.1, 0.15) is 0 Å². The fraction of sp³-hybridized carbons (Fsp3) is 0.0500. The lowest BCUT2D eigenvalue weighted by atomic mass is 10.1. The molecule has 2 aromatic carbocycles. The first-order chi connectivity index (χ1) is 13.4. The van der Waals surface area contributed by atoms with Crippen LogP contribution in [-0.2, 0) is 0 Å². The number of ketones is 1. The fourth-order valence-corrected chi connectivity index (χ4v) is 3.17. The number of carbonyl (C=O) groups excluding carboxylic acids is 1. The van der Waals surface area contributed by atoms with Crippen molar-refractivity contribution in [3.8, 4) is 0 Å². The van der Waals surface area contributed by atoms with Crippen LogP contribution < -0.4 is 10.6 Å². The molecule has 0 amide bonds. The first kappa shape index (κ1) is 19.1. The van der Waals surface area contributed by atoms with E-state index in [-0.39, 0.29) is 16.9 Å². The zero-order valence-corrected chi connectivity index (χ0v) is 15.3. The molecule has 0 atom stereocenters. The zero-order chi connectivity index (χ0) is 20.1. The van der Waals surface area contributed by atoms with E-state index >= 15 is 0 Å². The van der Waals surface area contributed by atoms with E-state index in [9.17, 15) is 14.4 Å². The molecule has 0 saturated carbocycles. The molecule has 8 heteroatoms. The molecule has 0 bridgehead atoms. The van der Waals surface area contributed by atoms with Crippen LogP contribution in [0.4, 0.5) is 11.4 Å². The molecule has 0 unspecified atom stereocenters. The van der Waals surface area contributed by atoms with Crippen LogP contribution in [0.25, 0.3) is 0 Å². The molecule has 0 fully saturated rings. The van der Waals surface area contributed by atoms with Crippen molar-refractivity contribution in [2.24, 2.45) is 0 Å². The van der Waals surface area contributed by atoms with Gasteiger partial charge in [-0.05, 0) is 60.0 Å². The average molecular weight is 396 g/mol. The van der Waals surface area contributed by atoms with E-state index in [4.69, 9.17) is 10.2 Å². The maximum Gasteiger partial charge on any atom is 0.335 e. The van der Waals surface area contributed by atoms with Crippen LogP contribution in [0.1, 0.15) is 30.4 Å². The van der Waals surface area contributed by atoms with E-state index < -0.39 is 18.1 Å². The van der Waals surface area contributed by atoms with Crippen molar-refractivity contribution in [1.29, 1.82) is 0 Å². The topological polar surface area (TPSA) is 116 Å². The third-order valence-corrected chi connectivity index (χ3v) is 4.80. The maximum atomic E-state index is 12.9. The highest BCUT2D eigenvalue weighted by molar-refractivity contribution is 7.12. The van der Waals surface area contributed by atoms with Gasteiger partial charge in [-0.2, -0.15) is 0 Å². The molecule has 0 aliphatic carbocycles. The van der Waals surface area contributed by atoms with Crippen LogP contribution >= 0.6 is 11.3 Å². The highest BCUT2D eigenvalue weighted by Gasteiger charge is 2.21. The summed E-state index contributed by atoms with van der Waals surface area (Å²) < 4.78 is 0. The number of carboxylic acids is 2. The summed E-state index contributed by atoms with van der Waals surface area (Å²) in [4.78, 5) is 35.4. The van der Waals surface area contributed by atoms with Gasteiger partial charge >= 0.3 is 11.9 Å². The number of thiophene rings is 1. The molecular weight excluding hydrogens is 380 g/mol. The molecule has 28 heavy (non-hydrogen) atoms. The number of Topliss-reactive ketones (excluding diaryl/α,β-unsaturated/α-hetero) is 1. The first-order valence-corrected chi connectivity index (χ1v) is 9.09. The molecule has 1 aromatic heterocycles. The lowest BCUT2D eigenvalue weighted by molar-refractivity contribution is 0.0686. The SMILES string of the molecule is O=C(O)c1ccc(NC(Nc2ccc(C(=O)O)cc2)C(=O)c2cccs2)cc1. The largest absolute Gasteiger partial charge is 0.478 e. The van der Waals surface area contributed by atoms with Crippen molar-refractivity contribution < 1.29 is 24.6 Å². The van der Waals surface area contributed by atoms with Crippen LogP contribution in [0.5, 0.6) is 0 Å². The Balaban J connectivity index is 1.83. The minimum atomic E-state index is -1.03. The Bertz CT molecular complexity index is 923. The molecule has 1 heterocycles. The van der Waals surface area contributed by atoms with Crippen LogP contribution in [-0.4, -0.2) is 34.1 Å². The van der Waals surface area contributed by atoms with Crippen LogP contribution in [0.3, 0.4) is 0 Å². The Kier molecular flexibility index (Phi) is 5.71. The van der Waals surface area contributed by atoms with Gasteiger partial charge in [0.2, 0.25) is 5.78 Å². The van der Waals surface area contributed by atoms with E-state index in [1.807, 2.05) is 0 Å². The van der Waals surface area contributed by atoms with Gasteiger partial charge in [0, 0.05) is 11.4 Å². The smallest absolute Gasteiger partial charge is 0.335 e. The zero-order valence-electron chi connectivity index (χ0n) is 14.5. The third-order valence-electron chi connectivity index (χ3n) is 3.91. The summed E-state index contributed by atoms with van der Waals surface area (Å²) >= 11 is 1.31. The summed E-state index contributed by atoms with van der Waals surface area (Å²) in [5.74, 6) is -2.26. The molecule has 0 aliphatic rings. The van der Waals surface area contributed by atoms with E-state index in [2.05, 4.69) is 10.6 Å². The number of anilines is 2. The number of carboxylic acid groups (broad SMARTS) is 2. The highest BCUT2D eigenvalue weighted by atomic mass is 32.1. The predicted octanol–water partition coefficient (Wildman–Crippen LogP) is 3.88. The normalized spacial score (nSPS) is 10.5. The lowest BCUT2D eigenvalue weighted by Crippen LogP contribution is -2.36. The number of hydrogen-bond acceptors (Lipinski definition) is 6. The first-order valence-electron chi connectivity index (χ1n) is 8.21. The average Bonchev–Trinajstić information content (AvgIpc) is 3.22. The summed E-state index contributed by atoms with van der Waals surface area (Å²) in [6, 6.07) is 15.6. The highest BCUT2D eigenvalue weighted by Crippen LogP contribution is 2.19. The summed E-state index contributed by atoms with van der Waals surface area (Å²) in [5.41, 5.74) is 1.41. The summed E-state index contributed by atoms with van der Waals surface area (Å²) in [6.07, 6.45) is -0.829. The fourth-order valence-electron chi connectivity index (χ4n) is 2.48. The van der Waals surface area contributed by atoms with Crippen molar-refractivity contribution in [1.82, 2.24) is 0 Å². The van der Waals surface area contributed by atoms with Crippen molar-refractivity contribution in [3.63, 3.8) is 0 Å². The van der Waals surface area contributed by atoms with Gasteiger partial charge in [-0.25, -0.2) is 9.59 Å². The second-order valence-corrected chi connectivity index (χ2v) is 6.78. The Morgan fingerprint density at radius 1 is 0.750 bits per heavy atom. The molecule has 0 aliphatic heterocycles. The van der Waals surface area contributed by atoms with Gasteiger partial charge in [-0.1, -0.05) is 6.07 Å². The number of nitrogens with one attached hydrogen (secondary N) is 2. The predicted molar refractivity (Wildman–Crippen MR) is 106 cm³/mol. The number of hydrogen-bond donors (Lipinski definition) is 4. The van der Waals surface area contributed by atoms with Crippen molar-refractivity contribution >= 4 is 40.4 Å². The third kappa shape index (κ3) is 4.54. The van der Waals surface area contributed by atoms with Gasteiger partial charge in [0.25, 0.3) is 0 Å². The molecule has 0 spiro atoms. The van der Waals surface area contributed by atoms with E-state index in [0.717, 1.165) is 0 Å². The molecular formula is C20H16N2O5S. The second-order valence-electron chi connectivity index (χ2n) is 5.83. The van der Waals surface area contributed by atoms with Crippen molar-refractivity contribution in [2.45, 2.75) is 6.17 Å². The standard InChI is InChI=1S/C20H16N2O5S/c23-17(16-2-1-11-28-16)18(21-14-7-3-12(4-8-14)19(24)25)22-15-9-5-13(6-10-15)20(26)27/h1-11,18,21-22H,(H,24,25)(H,26,27). The van der Waals surface area contributed by atoms with E-state index in [1.165, 1.54) is 35.6 Å². The van der Waals surface area contributed by atoms with Crippen LogP contribution in [0, 0.1) is 0 Å². The summed E-state index contributed by atoms with van der Waals surface area (Å²) in [7, 11) is 0. The second kappa shape index (κ2) is 8.36. The van der Waals surface area contributed by atoms with E-state index in [0.29, 0.717) is 16.3 Å². The van der Waals surface area contributed by atoms with Crippen LogP contribution in [0.15, 0.2) is 66.0 Å². The lowest BCUT2D eigenvalue weighted by Gasteiger charge is -2.21. The van der Waals surface area contributed by atoms with Crippen molar-refractivity contribution in [2.75, 3.05) is 10.6 Å². The van der Waals surface area contributed by atoms with Gasteiger partial charge in [-0.15, -0.1) is 11.3 Å². The number of benzene rings is 2. The Hall–Kier alpha value is -3.65. The minimum absolute atomic E-state index is 0.143. The molecule has 7 nitrogen and oxygen atoms in total. The van der Waals surface area contributed by atoms with Crippen molar-refractivity contribution in [3.05, 3.63) is 82.0 Å². The Labute approximate surface area is 164 Å². The monoisotopic (exact) mass is 396 g/mol. The van der Waals surface area contributed by atoms with Gasteiger partial charge in [-0.3, -0.25) is 4.79 Å². The minimum Gasteiger partial charge on any atom is -0.478 e. The maximum absolute atomic E-state index is 12.9. The number of rotatable bonds is 8. The molecule has 3 rings (SSSR count). The number of carbonyl (C=O) groups is 3. The Morgan fingerprint density at radius 2 is 1.21 bits per heavy atom. The Morgan fingerprint density at radius 3 is 1.57 bits per heavy atom. The summed E-state index contributed by atoms with van der Waals surface area (Å²) in [5, 5.41) is 25.9. The summed E-state index contributed by atoms with van der Waals surface area (Å²) in [6.45, 7) is 0. The van der Waals surface area contributed by atoms with E-state index in [1.54, 1.807) is 41.8 Å². The molecule has 4 N–H and O–H groups in total. The van der Waals surface area contributed by atoms with Gasteiger partial charge < -0.3 is 20.8 Å². The van der Waals surface area contributed by atoms with Gasteiger partial charge in [0.05, 0.1) is 16.0 Å². The number of aromatic carboxylic acids is 2. The molecule has 142 valence electrons. The molecule has 0 radical (unpaired) electrons. The van der Waals surface area contributed by atoms with Crippen LogP contribution in [0.2, 0.25) is 0 Å². The van der Waals surface area contributed by atoms with Gasteiger partial charge in [0.15, 0.2) is 6.17 Å². The quantitative estimate of drug-likeness (QED) is 0.337. The molecule has 3 aromatic rings.